The number of hydrogen-bond acceptors (Lipinski definition) is 4. The van der Waals surface area contributed by atoms with Gasteiger partial charge in [-0.3, -0.25) is 4.79 Å². The number of hydrogen-bond donors (Lipinski definition) is 1. The first-order valence-corrected chi connectivity index (χ1v) is 8.44. The Morgan fingerprint density at radius 1 is 1.21 bits per heavy atom. The second-order valence-corrected chi connectivity index (χ2v) is 5.89. The highest BCUT2D eigenvalue weighted by Gasteiger charge is 2.15. The van der Waals surface area contributed by atoms with Crippen molar-refractivity contribution in [1.82, 2.24) is 4.57 Å². The molecular formula is C18H18N2O3S. The van der Waals surface area contributed by atoms with Gasteiger partial charge in [-0.2, -0.15) is 0 Å². The van der Waals surface area contributed by atoms with Crippen molar-refractivity contribution in [3.05, 3.63) is 59.0 Å². The standard InChI is InChI=1S/C18H18N2O3S/c1-3-23-15-7-6-13(12-16(15)22-2)19-18(21)17-14(8-11-24-17)20-9-4-5-10-20/h4-12H,3H2,1-2H3,(H,19,21). The highest BCUT2D eigenvalue weighted by atomic mass is 32.1. The van der Waals surface area contributed by atoms with Crippen LogP contribution in [0.5, 0.6) is 11.5 Å². The monoisotopic (exact) mass is 342 g/mol. The molecule has 0 radical (unpaired) electrons. The summed E-state index contributed by atoms with van der Waals surface area (Å²) < 4.78 is 12.7. The first kappa shape index (κ1) is 16.1. The van der Waals surface area contributed by atoms with Gasteiger partial charge in [0.25, 0.3) is 5.91 Å². The average molecular weight is 342 g/mol. The normalized spacial score (nSPS) is 10.4. The van der Waals surface area contributed by atoms with E-state index in [1.165, 1.54) is 11.3 Å². The number of nitrogens with one attached hydrogen (secondary N) is 1. The molecule has 5 nitrogen and oxygen atoms in total. The van der Waals surface area contributed by atoms with Crippen molar-refractivity contribution in [1.29, 1.82) is 0 Å². The number of thiophene rings is 1. The minimum atomic E-state index is -0.153. The molecule has 3 rings (SSSR count). The van der Waals surface area contributed by atoms with Gasteiger partial charge in [-0.15, -0.1) is 11.3 Å². The van der Waals surface area contributed by atoms with E-state index in [0.717, 1.165) is 5.69 Å². The van der Waals surface area contributed by atoms with Crippen LogP contribution in [0.4, 0.5) is 5.69 Å². The Kier molecular flexibility index (Phi) is 4.86. The number of anilines is 1. The van der Waals surface area contributed by atoms with Gasteiger partial charge in [-0.1, -0.05) is 0 Å². The largest absolute Gasteiger partial charge is 0.493 e. The van der Waals surface area contributed by atoms with Crippen molar-refractivity contribution in [2.75, 3.05) is 19.0 Å². The summed E-state index contributed by atoms with van der Waals surface area (Å²) in [7, 11) is 1.58. The molecule has 0 fully saturated rings. The Morgan fingerprint density at radius 3 is 2.71 bits per heavy atom. The molecule has 6 heteroatoms. The molecule has 0 spiro atoms. The predicted octanol–water partition coefficient (Wildman–Crippen LogP) is 4.20. The number of carbonyl (C=O) groups excluding carboxylic acids is 1. The van der Waals surface area contributed by atoms with E-state index in [0.29, 0.717) is 28.7 Å². The van der Waals surface area contributed by atoms with E-state index in [2.05, 4.69) is 5.32 Å². The maximum absolute atomic E-state index is 12.6. The lowest BCUT2D eigenvalue weighted by molar-refractivity contribution is 0.103. The molecule has 0 aliphatic carbocycles. The zero-order valence-electron chi connectivity index (χ0n) is 13.5. The van der Waals surface area contributed by atoms with Gasteiger partial charge in [0.05, 0.1) is 19.4 Å². The minimum Gasteiger partial charge on any atom is -0.493 e. The summed E-state index contributed by atoms with van der Waals surface area (Å²) in [6.45, 7) is 2.46. The number of methoxy groups -OCH3 is 1. The van der Waals surface area contributed by atoms with Crippen LogP contribution in [-0.2, 0) is 0 Å². The van der Waals surface area contributed by atoms with Crippen LogP contribution in [0.2, 0.25) is 0 Å². The molecule has 2 aromatic heterocycles. The van der Waals surface area contributed by atoms with E-state index in [1.807, 2.05) is 47.5 Å². The van der Waals surface area contributed by atoms with Crippen molar-refractivity contribution >= 4 is 22.9 Å². The van der Waals surface area contributed by atoms with Gasteiger partial charge in [-0.25, -0.2) is 0 Å². The Labute approximate surface area is 144 Å². The van der Waals surface area contributed by atoms with E-state index >= 15 is 0 Å². The lowest BCUT2D eigenvalue weighted by Crippen LogP contribution is -2.12. The third-order valence-corrected chi connectivity index (χ3v) is 4.36. The summed E-state index contributed by atoms with van der Waals surface area (Å²) in [4.78, 5) is 13.3. The van der Waals surface area contributed by atoms with Gasteiger partial charge in [0.1, 0.15) is 4.88 Å². The van der Waals surface area contributed by atoms with E-state index in [9.17, 15) is 4.79 Å². The van der Waals surface area contributed by atoms with Crippen molar-refractivity contribution in [2.24, 2.45) is 0 Å². The lowest BCUT2D eigenvalue weighted by Gasteiger charge is -2.12. The van der Waals surface area contributed by atoms with E-state index in [-0.39, 0.29) is 5.91 Å². The summed E-state index contributed by atoms with van der Waals surface area (Å²) >= 11 is 1.41. The van der Waals surface area contributed by atoms with Crippen molar-refractivity contribution in [3.8, 4) is 17.2 Å². The smallest absolute Gasteiger partial charge is 0.267 e. The van der Waals surface area contributed by atoms with Crippen molar-refractivity contribution in [2.45, 2.75) is 6.92 Å². The third-order valence-electron chi connectivity index (χ3n) is 3.45. The number of benzene rings is 1. The highest BCUT2D eigenvalue weighted by molar-refractivity contribution is 7.12. The molecule has 0 unspecified atom stereocenters. The Balaban J connectivity index is 1.82. The maximum Gasteiger partial charge on any atom is 0.267 e. The molecule has 2 heterocycles. The van der Waals surface area contributed by atoms with Crippen LogP contribution in [0.25, 0.3) is 5.69 Å². The quantitative estimate of drug-likeness (QED) is 0.730. The summed E-state index contributed by atoms with van der Waals surface area (Å²) in [5.74, 6) is 1.09. The second-order valence-electron chi connectivity index (χ2n) is 4.98. The summed E-state index contributed by atoms with van der Waals surface area (Å²) in [6.07, 6.45) is 3.83. The second kappa shape index (κ2) is 7.23. The van der Waals surface area contributed by atoms with E-state index < -0.39 is 0 Å². The summed E-state index contributed by atoms with van der Waals surface area (Å²) in [6, 6.07) is 11.1. The zero-order valence-corrected chi connectivity index (χ0v) is 14.3. The van der Waals surface area contributed by atoms with Gasteiger partial charge >= 0.3 is 0 Å². The van der Waals surface area contributed by atoms with Crippen LogP contribution in [0.15, 0.2) is 54.2 Å². The Morgan fingerprint density at radius 2 is 2.00 bits per heavy atom. The molecule has 24 heavy (non-hydrogen) atoms. The molecule has 0 aliphatic rings. The summed E-state index contributed by atoms with van der Waals surface area (Å²) in [5.41, 5.74) is 1.52. The molecule has 0 atom stereocenters. The van der Waals surface area contributed by atoms with Gasteiger partial charge in [0.15, 0.2) is 11.5 Å². The molecule has 0 aliphatic heterocycles. The van der Waals surface area contributed by atoms with Crippen molar-refractivity contribution in [3.63, 3.8) is 0 Å². The predicted molar refractivity (Wildman–Crippen MR) is 95.8 cm³/mol. The number of carbonyl (C=O) groups is 1. The molecule has 1 aromatic carbocycles. The van der Waals surface area contributed by atoms with Crippen LogP contribution < -0.4 is 14.8 Å². The molecule has 1 N–H and O–H groups in total. The number of ether oxygens (including phenoxy) is 2. The van der Waals surface area contributed by atoms with Crippen molar-refractivity contribution < 1.29 is 14.3 Å². The van der Waals surface area contributed by atoms with E-state index in [1.54, 1.807) is 25.3 Å². The van der Waals surface area contributed by atoms with Gasteiger partial charge in [-0.05, 0) is 42.6 Å². The highest BCUT2D eigenvalue weighted by Crippen LogP contribution is 2.31. The first-order chi connectivity index (χ1) is 11.7. The van der Waals surface area contributed by atoms with Crippen LogP contribution in [0.1, 0.15) is 16.6 Å². The van der Waals surface area contributed by atoms with Crippen LogP contribution >= 0.6 is 11.3 Å². The molecule has 1 amide bonds. The average Bonchev–Trinajstić information content (AvgIpc) is 3.27. The fraction of sp³-hybridized carbons (Fsp3) is 0.167. The molecule has 124 valence electrons. The molecule has 0 saturated heterocycles. The summed E-state index contributed by atoms with van der Waals surface area (Å²) in [5, 5.41) is 4.82. The number of nitrogens with zero attached hydrogens (tertiary/aromatic N) is 1. The van der Waals surface area contributed by atoms with Gasteiger partial charge in [0, 0.05) is 24.1 Å². The molecule has 3 aromatic rings. The minimum absolute atomic E-state index is 0.153. The lowest BCUT2D eigenvalue weighted by atomic mass is 10.2. The number of aromatic nitrogens is 1. The van der Waals surface area contributed by atoms with E-state index in [4.69, 9.17) is 9.47 Å². The number of amides is 1. The molecular weight excluding hydrogens is 324 g/mol. The SMILES string of the molecule is CCOc1ccc(NC(=O)c2sccc2-n2cccc2)cc1OC. The third kappa shape index (κ3) is 3.28. The molecule has 0 bridgehead atoms. The Hall–Kier alpha value is -2.73. The maximum atomic E-state index is 12.6. The zero-order chi connectivity index (χ0) is 16.9. The fourth-order valence-corrected chi connectivity index (χ4v) is 3.16. The van der Waals surface area contributed by atoms with Crippen LogP contribution in [0, 0.1) is 0 Å². The topological polar surface area (TPSA) is 52.5 Å². The fourth-order valence-electron chi connectivity index (χ4n) is 2.38. The van der Waals surface area contributed by atoms with Crippen LogP contribution in [-0.4, -0.2) is 24.2 Å². The number of rotatable bonds is 6. The van der Waals surface area contributed by atoms with Crippen LogP contribution in [0.3, 0.4) is 0 Å². The van der Waals surface area contributed by atoms with Gasteiger partial charge in [0.2, 0.25) is 0 Å². The first-order valence-electron chi connectivity index (χ1n) is 7.56. The van der Waals surface area contributed by atoms with Gasteiger partial charge < -0.3 is 19.4 Å². The Bertz CT molecular complexity index is 825. The molecule has 0 saturated carbocycles.